The number of carboxylic acids is 1. The Labute approximate surface area is 112 Å². The van der Waals surface area contributed by atoms with E-state index >= 15 is 0 Å². The number of carboxylic acid groups (broad SMARTS) is 1. The van der Waals surface area contributed by atoms with Gasteiger partial charge in [0.2, 0.25) is 5.91 Å². The molecule has 0 radical (unpaired) electrons. The molecule has 0 aliphatic carbocycles. The average Bonchev–Trinajstić information content (AvgIpc) is 2.26. The van der Waals surface area contributed by atoms with Gasteiger partial charge in [-0.1, -0.05) is 17.7 Å². The van der Waals surface area contributed by atoms with E-state index in [0.29, 0.717) is 0 Å². The number of benzene rings is 1. The third-order valence-electron chi connectivity index (χ3n) is 3.55. The molecule has 1 aromatic carbocycles. The van der Waals surface area contributed by atoms with Crippen LogP contribution in [0.5, 0.6) is 0 Å². The van der Waals surface area contributed by atoms with E-state index < -0.39 is 11.5 Å². The first kappa shape index (κ1) is 13.5. The fourth-order valence-corrected chi connectivity index (χ4v) is 2.74. The zero-order valence-electron chi connectivity index (χ0n) is 11.4. The van der Waals surface area contributed by atoms with Gasteiger partial charge in [-0.2, -0.15) is 0 Å². The molecule has 1 unspecified atom stereocenters. The number of nitrogens with zero attached hydrogens (tertiary/aromatic N) is 1. The second kappa shape index (κ2) is 4.35. The summed E-state index contributed by atoms with van der Waals surface area (Å²) in [5.41, 5.74) is 8.17. The van der Waals surface area contributed by atoms with Gasteiger partial charge in [-0.3, -0.25) is 9.59 Å². The van der Waals surface area contributed by atoms with E-state index in [1.54, 1.807) is 0 Å². The van der Waals surface area contributed by atoms with E-state index in [4.69, 9.17) is 5.73 Å². The first-order valence-electron chi connectivity index (χ1n) is 6.15. The summed E-state index contributed by atoms with van der Waals surface area (Å²) in [7, 11) is 0. The highest BCUT2D eigenvalue weighted by molar-refractivity contribution is 5.96. The van der Waals surface area contributed by atoms with Gasteiger partial charge in [0, 0.05) is 19.0 Å². The molecule has 19 heavy (non-hydrogen) atoms. The topological polar surface area (TPSA) is 83.6 Å². The van der Waals surface area contributed by atoms with Gasteiger partial charge in [-0.15, -0.1) is 0 Å². The monoisotopic (exact) mass is 262 g/mol. The lowest BCUT2D eigenvalue weighted by Crippen LogP contribution is -2.61. The Morgan fingerprint density at radius 3 is 2.53 bits per heavy atom. The summed E-state index contributed by atoms with van der Waals surface area (Å²) in [6.45, 7) is 5.30. The van der Waals surface area contributed by atoms with Crippen molar-refractivity contribution < 1.29 is 14.7 Å². The summed E-state index contributed by atoms with van der Waals surface area (Å²) in [4.78, 5) is 24.6. The molecule has 102 valence electrons. The summed E-state index contributed by atoms with van der Waals surface area (Å²) in [5, 5.41) is 9.30. The van der Waals surface area contributed by atoms with Crippen molar-refractivity contribution in [2.75, 3.05) is 11.4 Å². The van der Waals surface area contributed by atoms with Crippen LogP contribution in [0.4, 0.5) is 5.69 Å². The number of hydrogen-bond donors (Lipinski definition) is 2. The van der Waals surface area contributed by atoms with Crippen molar-refractivity contribution in [1.29, 1.82) is 0 Å². The molecule has 1 atom stereocenters. The van der Waals surface area contributed by atoms with Crippen LogP contribution in [0.2, 0.25) is 0 Å². The van der Waals surface area contributed by atoms with E-state index in [2.05, 4.69) is 0 Å². The fourth-order valence-electron chi connectivity index (χ4n) is 2.74. The normalized spacial score (nSPS) is 22.0. The second-order valence-electron chi connectivity index (χ2n) is 5.33. The van der Waals surface area contributed by atoms with E-state index in [9.17, 15) is 14.7 Å². The van der Waals surface area contributed by atoms with Gasteiger partial charge in [0.1, 0.15) is 5.54 Å². The van der Waals surface area contributed by atoms with Crippen LogP contribution >= 0.6 is 0 Å². The van der Waals surface area contributed by atoms with Crippen molar-refractivity contribution in [3.8, 4) is 0 Å². The van der Waals surface area contributed by atoms with E-state index in [1.165, 1.54) is 11.8 Å². The predicted molar refractivity (Wildman–Crippen MR) is 72.2 cm³/mol. The molecule has 3 N–H and O–H groups in total. The molecule has 0 saturated carbocycles. The molecule has 0 aromatic heterocycles. The minimum Gasteiger partial charge on any atom is -0.480 e. The fraction of sp³-hybridized carbons (Fsp3) is 0.429. The Morgan fingerprint density at radius 1 is 1.37 bits per heavy atom. The molecular weight excluding hydrogens is 244 g/mol. The number of rotatable bonds is 1. The summed E-state index contributed by atoms with van der Waals surface area (Å²) in [6, 6.07) is 3.89. The molecule has 0 saturated heterocycles. The first-order valence-corrected chi connectivity index (χ1v) is 6.15. The number of carbonyl (C=O) groups is 2. The number of amides is 1. The number of carbonyl (C=O) groups excluding carboxylic acids is 1. The van der Waals surface area contributed by atoms with Crippen LogP contribution in [0.1, 0.15) is 23.6 Å². The summed E-state index contributed by atoms with van der Waals surface area (Å²) < 4.78 is 0. The van der Waals surface area contributed by atoms with Gasteiger partial charge < -0.3 is 15.7 Å². The summed E-state index contributed by atoms with van der Waals surface area (Å²) in [6.07, 6.45) is 0.240. The summed E-state index contributed by atoms with van der Waals surface area (Å²) >= 11 is 0. The van der Waals surface area contributed by atoms with Crippen molar-refractivity contribution >= 4 is 17.6 Å². The zero-order chi connectivity index (χ0) is 14.4. The number of anilines is 1. The minimum absolute atomic E-state index is 0.00850. The maximum atomic E-state index is 11.8. The highest BCUT2D eigenvalue weighted by atomic mass is 16.4. The first-order chi connectivity index (χ1) is 8.74. The van der Waals surface area contributed by atoms with Crippen LogP contribution in [0.15, 0.2) is 12.1 Å². The molecular formula is C14H18N2O3. The molecule has 1 aliphatic heterocycles. The van der Waals surface area contributed by atoms with Gasteiger partial charge >= 0.3 is 5.97 Å². The molecule has 5 heteroatoms. The molecule has 0 bridgehead atoms. The lowest BCUT2D eigenvalue weighted by molar-refractivity contribution is -0.143. The number of hydrogen-bond acceptors (Lipinski definition) is 3. The molecule has 0 fully saturated rings. The standard InChI is InChI=1S/C14H18N2O3/c1-8-4-9(2)12-11(5-8)6-14(15,13(18)19)7-16(12)10(3)17/h4-5H,6-7,15H2,1-3H3,(H,18,19). The average molecular weight is 262 g/mol. The van der Waals surface area contributed by atoms with Gasteiger partial charge in [0.25, 0.3) is 0 Å². The van der Waals surface area contributed by atoms with Crippen LogP contribution in [-0.2, 0) is 16.0 Å². The SMILES string of the molecule is CC(=O)N1CC(N)(C(=O)O)Cc2cc(C)cc(C)c21. The Hall–Kier alpha value is -1.88. The number of aryl methyl sites for hydroxylation is 2. The quantitative estimate of drug-likeness (QED) is 0.790. The van der Waals surface area contributed by atoms with Crippen molar-refractivity contribution in [2.24, 2.45) is 5.73 Å². The van der Waals surface area contributed by atoms with Crippen LogP contribution in [0.25, 0.3) is 0 Å². The smallest absolute Gasteiger partial charge is 0.325 e. The van der Waals surface area contributed by atoms with Gasteiger partial charge in [-0.25, -0.2) is 0 Å². The lowest BCUT2D eigenvalue weighted by Gasteiger charge is -2.39. The Kier molecular flexibility index (Phi) is 3.10. The number of nitrogens with two attached hydrogens (primary N) is 1. The van der Waals surface area contributed by atoms with Crippen LogP contribution < -0.4 is 10.6 Å². The third kappa shape index (κ3) is 2.21. The van der Waals surface area contributed by atoms with Gasteiger partial charge in [0.05, 0.1) is 6.54 Å². The highest BCUT2D eigenvalue weighted by Crippen LogP contribution is 2.34. The van der Waals surface area contributed by atoms with Crippen molar-refractivity contribution in [1.82, 2.24) is 0 Å². The molecule has 1 aliphatic rings. The minimum atomic E-state index is -1.42. The zero-order valence-corrected chi connectivity index (χ0v) is 11.4. The predicted octanol–water partition coefficient (Wildman–Crippen LogP) is 0.995. The number of fused-ring (bicyclic) bond motifs is 1. The van der Waals surface area contributed by atoms with E-state index in [0.717, 1.165) is 22.4 Å². The highest BCUT2D eigenvalue weighted by Gasteiger charge is 2.42. The van der Waals surface area contributed by atoms with Crippen LogP contribution in [0, 0.1) is 13.8 Å². The Morgan fingerprint density at radius 2 is 2.00 bits per heavy atom. The molecule has 1 amide bonds. The third-order valence-corrected chi connectivity index (χ3v) is 3.55. The van der Waals surface area contributed by atoms with E-state index in [1.807, 2.05) is 26.0 Å². The summed E-state index contributed by atoms with van der Waals surface area (Å²) in [5.74, 6) is -1.27. The van der Waals surface area contributed by atoms with Gasteiger partial charge in [-0.05, 0) is 25.0 Å². The van der Waals surface area contributed by atoms with Crippen LogP contribution in [0.3, 0.4) is 0 Å². The molecule has 1 heterocycles. The molecule has 5 nitrogen and oxygen atoms in total. The van der Waals surface area contributed by atoms with Gasteiger partial charge in [0.15, 0.2) is 0 Å². The van der Waals surface area contributed by atoms with E-state index in [-0.39, 0.29) is 18.9 Å². The molecule has 0 spiro atoms. The van der Waals surface area contributed by atoms with Crippen molar-refractivity contribution in [3.05, 3.63) is 28.8 Å². The maximum Gasteiger partial charge on any atom is 0.325 e. The largest absolute Gasteiger partial charge is 0.480 e. The van der Waals surface area contributed by atoms with Crippen LogP contribution in [-0.4, -0.2) is 29.1 Å². The van der Waals surface area contributed by atoms with Crippen molar-refractivity contribution in [2.45, 2.75) is 32.7 Å². The lowest BCUT2D eigenvalue weighted by atomic mass is 9.84. The second-order valence-corrected chi connectivity index (χ2v) is 5.33. The maximum absolute atomic E-state index is 11.8. The number of aliphatic carboxylic acids is 1. The Balaban J connectivity index is 2.62. The van der Waals surface area contributed by atoms with Crippen molar-refractivity contribution in [3.63, 3.8) is 0 Å². The Bertz CT molecular complexity index is 568. The molecule has 1 aromatic rings. The molecule has 2 rings (SSSR count).